The summed E-state index contributed by atoms with van der Waals surface area (Å²) >= 11 is 3.27. The van der Waals surface area contributed by atoms with Crippen molar-refractivity contribution in [2.24, 2.45) is 0 Å². The third-order valence-electron chi connectivity index (χ3n) is 3.15. The van der Waals surface area contributed by atoms with Crippen LogP contribution in [-0.2, 0) is 16.4 Å². The summed E-state index contributed by atoms with van der Waals surface area (Å²) in [4.78, 5) is 0.236. The van der Waals surface area contributed by atoms with Gasteiger partial charge in [-0.25, -0.2) is 8.42 Å². The third-order valence-corrected chi connectivity index (χ3v) is 5.54. The van der Waals surface area contributed by atoms with E-state index in [0.717, 1.165) is 19.3 Å². The maximum Gasteiger partial charge on any atom is 0.263 e. The molecular formula is C16H18BrNO2S. The Kier molecular flexibility index (Phi) is 5.42. The first-order valence-corrected chi connectivity index (χ1v) is 9.17. The van der Waals surface area contributed by atoms with Crippen molar-refractivity contribution in [1.82, 2.24) is 0 Å². The smallest absolute Gasteiger partial charge is 0.263 e. The molecule has 112 valence electrons. The minimum Gasteiger partial charge on any atom is -0.280 e. The van der Waals surface area contributed by atoms with Gasteiger partial charge < -0.3 is 0 Å². The Morgan fingerprint density at radius 3 is 2.33 bits per heavy atom. The highest BCUT2D eigenvalue weighted by Crippen LogP contribution is 2.24. The zero-order chi connectivity index (χ0) is 15.3. The SMILES string of the molecule is CCCCc1ccc(NS(=O)(=O)c2ccccc2Br)cc1. The van der Waals surface area contributed by atoms with Crippen LogP contribution in [0.4, 0.5) is 5.69 Å². The van der Waals surface area contributed by atoms with Gasteiger partial charge in [0.1, 0.15) is 4.90 Å². The van der Waals surface area contributed by atoms with Gasteiger partial charge in [0.25, 0.3) is 10.0 Å². The lowest BCUT2D eigenvalue weighted by molar-refractivity contribution is 0.601. The van der Waals surface area contributed by atoms with Crippen LogP contribution in [0, 0.1) is 0 Å². The fourth-order valence-corrected chi connectivity index (χ4v) is 4.06. The molecule has 0 bridgehead atoms. The van der Waals surface area contributed by atoms with Gasteiger partial charge in [0.15, 0.2) is 0 Å². The van der Waals surface area contributed by atoms with Crippen LogP contribution in [0.1, 0.15) is 25.3 Å². The van der Waals surface area contributed by atoms with Gasteiger partial charge in [-0.05, 0) is 58.6 Å². The molecule has 0 atom stereocenters. The van der Waals surface area contributed by atoms with Crippen molar-refractivity contribution >= 4 is 31.6 Å². The van der Waals surface area contributed by atoms with E-state index in [9.17, 15) is 8.42 Å². The Balaban J connectivity index is 2.16. The van der Waals surface area contributed by atoms with Crippen molar-refractivity contribution < 1.29 is 8.42 Å². The molecule has 0 aromatic heterocycles. The molecular weight excluding hydrogens is 350 g/mol. The van der Waals surface area contributed by atoms with E-state index in [4.69, 9.17) is 0 Å². The van der Waals surface area contributed by atoms with E-state index in [2.05, 4.69) is 27.6 Å². The zero-order valence-electron chi connectivity index (χ0n) is 11.8. The number of halogens is 1. The number of rotatable bonds is 6. The standard InChI is InChI=1S/C16H18BrNO2S/c1-2-3-6-13-9-11-14(12-10-13)18-21(19,20)16-8-5-4-7-15(16)17/h4-5,7-12,18H,2-3,6H2,1H3. The molecule has 2 rings (SSSR count). The van der Waals surface area contributed by atoms with Crippen molar-refractivity contribution in [2.75, 3.05) is 4.72 Å². The van der Waals surface area contributed by atoms with Gasteiger partial charge in [0.05, 0.1) is 0 Å². The van der Waals surface area contributed by atoms with Crippen LogP contribution >= 0.6 is 15.9 Å². The van der Waals surface area contributed by atoms with E-state index >= 15 is 0 Å². The summed E-state index contributed by atoms with van der Waals surface area (Å²) in [6, 6.07) is 14.3. The highest BCUT2D eigenvalue weighted by molar-refractivity contribution is 9.10. The van der Waals surface area contributed by atoms with Crippen molar-refractivity contribution in [1.29, 1.82) is 0 Å². The zero-order valence-corrected chi connectivity index (χ0v) is 14.2. The normalized spacial score (nSPS) is 11.3. The third kappa shape index (κ3) is 4.32. The van der Waals surface area contributed by atoms with Crippen LogP contribution in [0.3, 0.4) is 0 Å². The molecule has 0 saturated carbocycles. The molecule has 0 radical (unpaired) electrons. The van der Waals surface area contributed by atoms with E-state index < -0.39 is 10.0 Å². The molecule has 0 aliphatic rings. The minimum absolute atomic E-state index is 0.236. The number of hydrogen-bond acceptors (Lipinski definition) is 2. The molecule has 0 saturated heterocycles. The molecule has 0 amide bonds. The molecule has 5 heteroatoms. The second kappa shape index (κ2) is 7.09. The van der Waals surface area contributed by atoms with Gasteiger partial charge >= 0.3 is 0 Å². The van der Waals surface area contributed by atoms with Crippen molar-refractivity contribution in [2.45, 2.75) is 31.1 Å². The summed E-state index contributed by atoms with van der Waals surface area (Å²) in [5.74, 6) is 0. The van der Waals surface area contributed by atoms with E-state index in [-0.39, 0.29) is 4.90 Å². The van der Waals surface area contributed by atoms with Crippen LogP contribution in [-0.4, -0.2) is 8.42 Å². The first-order chi connectivity index (χ1) is 10.0. The molecule has 0 heterocycles. The molecule has 21 heavy (non-hydrogen) atoms. The van der Waals surface area contributed by atoms with Crippen LogP contribution in [0.15, 0.2) is 57.9 Å². The van der Waals surface area contributed by atoms with Crippen molar-refractivity contribution in [3.63, 3.8) is 0 Å². The lowest BCUT2D eigenvalue weighted by atomic mass is 10.1. The molecule has 3 nitrogen and oxygen atoms in total. The monoisotopic (exact) mass is 367 g/mol. The maximum absolute atomic E-state index is 12.3. The fraction of sp³-hybridized carbons (Fsp3) is 0.250. The summed E-state index contributed by atoms with van der Waals surface area (Å²) in [6.45, 7) is 2.15. The fourth-order valence-electron chi connectivity index (χ4n) is 1.99. The molecule has 1 N–H and O–H groups in total. The summed E-state index contributed by atoms with van der Waals surface area (Å²) < 4.78 is 27.8. The van der Waals surface area contributed by atoms with Gasteiger partial charge in [-0.2, -0.15) is 0 Å². The second-order valence-corrected chi connectivity index (χ2v) is 7.34. The molecule has 0 fully saturated rings. The first-order valence-electron chi connectivity index (χ1n) is 6.89. The van der Waals surface area contributed by atoms with Gasteiger partial charge in [-0.1, -0.05) is 37.6 Å². The number of hydrogen-bond donors (Lipinski definition) is 1. The largest absolute Gasteiger partial charge is 0.280 e. The quantitative estimate of drug-likeness (QED) is 0.811. The number of nitrogens with one attached hydrogen (secondary N) is 1. The van der Waals surface area contributed by atoms with Gasteiger partial charge in [-0.15, -0.1) is 0 Å². The first kappa shape index (κ1) is 16.0. The molecule has 2 aromatic carbocycles. The number of anilines is 1. The Morgan fingerprint density at radius 1 is 1.05 bits per heavy atom. The topological polar surface area (TPSA) is 46.2 Å². The molecule has 0 aliphatic heterocycles. The Morgan fingerprint density at radius 2 is 1.71 bits per heavy atom. The van der Waals surface area contributed by atoms with Crippen molar-refractivity contribution in [3.8, 4) is 0 Å². The highest BCUT2D eigenvalue weighted by atomic mass is 79.9. The van der Waals surface area contributed by atoms with Gasteiger partial charge in [-0.3, -0.25) is 4.72 Å². The average Bonchev–Trinajstić information content (AvgIpc) is 2.46. The average molecular weight is 368 g/mol. The highest BCUT2D eigenvalue weighted by Gasteiger charge is 2.16. The maximum atomic E-state index is 12.3. The summed E-state index contributed by atoms with van der Waals surface area (Å²) in [7, 11) is -3.57. The number of unbranched alkanes of at least 4 members (excludes halogenated alkanes) is 1. The van der Waals surface area contributed by atoms with Crippen LogP contribution in [0.2, 0.25) is 0 Å². The lowest BCUT2D eigenvalue weighted by Gasteiger charge is -2.10. The van der Waals surface area contributed by atoms with E-state index in [1.54, 1.807) is 36.4 Å². The Hall–Kier alpha value is -1.33. The van der Waals surface area contributed by atoms with Crippen molar-refractivity contribution in [3.05, 3.63) is 58.6 Å². The molecule has 0 aliphatic carbocycles. The van der Waals surface area contributed by atoms with Crippen LogP contribution in [0.5, 0.6) is 0 Å². The lowest BCUT2D eigenvalue weighted by Crippen LogP contribution is -2.13. The predicted octanol–water partition coefficient (Wildman–Crippen LogP) is 4.59. The number of benzene rings is 2. The summed E-state index contributed by atoms with van der Waals surface area (Å²) in [6.07, 6.45) is 3.31. The number of aryl methyl sites for hydroxylation is 1. The van der Waals surface area contributed by atoms with Crippen LogP contribution < -0.4 is 4.72 Å². The predicted molar refractivity (Wildman–Crippen MR) is 90.0 cm³/mol. The van der Waals surface area contributed by atoms with E-state index in [1.165, 1.54) is 5.56 Å². The Labute approximate surface area is 134 Å². The summed E-state index contributed by atoms with van der Waals surface area (Å²) in [5, 5.41) is 0. The molecule has 0 spiro atoms. The Bertz CT molecular complexity index is 696. The second-order valence-electron chi connectivity index (χ2n) is 4.84. The molecule has 2 aromatic rings. The molecule has 0 unspecified atom stereocenters. The summed E-state index contributed by atoms with van der Waals surface area (Å²) in [5.41, 5.74) is 1.80. The van der Waals surface area contributed by atoms with Gasteiger partial charge in [0.2, 0.25) is 0 Å². The number of sulfonamides is 1. The van der Waals surface area contributed by atoms with Crippen LogP contribution in [0.25, 0.3) is 0 Å². The van der Waals surface area contributed by atoms with E-state index in [0.29, 0.717) is 10.2 Å². The minimum atomic E-state index is -3.57. The van der Waals surface area contributed by atoms with E-state index in [1.807, 2.05) is 12.1 Å². The van der Waals surface area contributed by atoms with Gasteiger partial charge in [0, 0.05) is 10.2 Å².